The van der Waals surface area contributed by atoms with Gasteiger partial charge in [0.15, 0.2) is 0 Å². The molecule has 0 spiro atoms. The van der Waals surface area contributed by atoms with Crippen LogP contribution in [0.15, 0.2) is 67.0 Å². The smallest absolute Gasteiger partial charge is 0.267 e. The fourth-order valence-corrected chi connectivity index (χ4v) is 2.59. The van der Waals surface area contributed by atoms with Gasteiger partial charge in [0.05, 0.1) is 6.04 Å². The van der Waals surface area contributed by atoms with E-state index < -0.39 is 0 Å². The van der Waals surface area contributed by atoms with Crippen LogP contribution < -0.4 is 10.6 Å². The Bertz CT molecular complexity index is 795. The standard InChI is InChI=1S/C19H20N4O2/c24-18(16-8-4-10-20-16)22-13-15(12-14-6-2-1-3-7-14)23-19(25)17-9-5-11-21-17/h1-11,15,20-21H,12-13H2,(H,22,24)(H,23,25). The van der Waals surface area contributed by atoms with Crippen LogP contribution in [0.5, 0.6) is 0 Å². The number of carbonyl (C=O) groups excluding carboxylic acids is 2. The number of aromatic amines is 2. The molecular formula is C19H20N4O2. The molecule has 3 aromatic rings. The second kappa shape index (κ2) is 8.01. The number of aromatic nitrogens is 2. The van der Waals surface area contributed by atoms with Crippen LogP contribution in [-0.2, 0) is 6.42 Å². The molecule has 0 aliphatic heterocycles. The Morgan fingerprint density at radius 3 is 2.08 bits per heavy atom. The van der Waals surface area contributed by atoms with Crippen LogP contribution in [0.2, 0.25) is 0 Å². The molecular weight excluding hydrogens is 316 g/mol. The van der Waals surface area contributed by atoms with Crippen LogP contribution in [0.4, 0.5) is 0 Å². The van der Waals surface area contributed by atoms with Crippen LogP contribution in [0.1, 0.15) is 26.5 Å². The summed E-state index contributed by atoms with van der Waals surface area (Å²) in [5.41, 5.74) is 2.08. The highest BCUT2D eigenvalue weighted by molar-refractivity contribution is 5.93. The summed E-state index contributed by atoms with van der Waals surface area (Å²) in [6.45, 7) is 0.333. The lowest BCUT2D eigenvalue weighted by Gasteiger charge is -2.19. The summed E-state index contributed by atoms with van der Waals surface area (Å²) in [4.78, 5) is 30.2. The second-order valence-corrected chi connectivity index (χ2v) is 5.74. The molecule has 0 fully saturated rings. The van der Waals surface area contributed by atoms with Gasteiger partial charge in [-0.25, -0.2) is 0 Å². The molecule has 0 saturated heterocycles. The lowest BCUT2D eigenvalue weighted by Crippen LogP contribution is -2.45. The van der Waals surface area contributed by atoms with E-state index in [0.717, 1.165) is 5.56 Å². The lowest BCUT2D eigenvalue weighted by atomic mass is 10.1. The maximum atomic E-state index is 12.3. The Labute approximate surface area is 145 Å². The second-order valence-electron chi connectivity index (χ2n) is 5.74. The Morgan fingerprint density at radius 2 is 1.48 bits per heavy atom. The van der Waals surface area contributed by atoms with Crippen LogP contribution in [0.25, 0.3) is 0 Å². The first-order chi connectivity index (χ1) is 12.2. The SMILES string of the molecule is O=C(NCC(Cc1ccccc1)NC(=O)c1ccc[nH]1)c1ccc[nH]1. The largest absolute Gasteiger partial charge is 0.357 e. The molecule has 2 heterocycles. The monoisotopic (exact) mass is 336 g/mol. The van der Waals surface area contributed by atoms with Crippen molar-refractivity contribution in [3.05, 3.63) is 83.9 Å². The normalized spacial score (nSPS) is 11.7. The van der Waals surface area contributed by atoms with Gasteiger partial charge in [0, 0.05) is 18.9 Å². The van der Waals surface area contributed by atoms with Crippen molar-refractivity contribution in [3.8, 4) is 0 Å². The topological polar surface area (TPSA) is 89.8 Å². The van der Waals surface area contributed by atoms with Crippen molar-refractivity contribution >= 4 is 11.8 Å². The summed E-state index contributed by atoms with van der Waals surface area (Å²) in [6.07, 6.45) is 4.02. The van der Waals surface area contributed by atoms with Gasteiger partial charge in [-0.3, -0.25) is 9.59 Å². The third kappa shape index (κ3) is 4.60. The molecule has 0 bridgehead atoms. The fourth-order valence-electron chi connectivity index (χ4n) is 2.59. The molecule has 1 unspecified atom stereocenters. The van der Waals surface area contributed by atoms with Crippen molar-refractivity contribution in [1.82, 2.24) is 20.6 Å². The minimum Gasteiger partial charge on any atom is -0.357 e. The van der Waals surface area contributed by atoms with Crippen molar-refractivity contribution < 1.29 is 9.59 Å². The summed E-state index contributed by atoms with van der Waals surface area (Å²) < 4.78 is 0. The van der Waals surface area contributed by atoms with Crippen LogP contribution >= 0.6 is 0 Å². The van der Waals surface area contributed by atoms with Crippen LogP contribution in [-0.4, -0.2) is 34.4 Å². The van der Waals surface area contributed by atoms with Crippen molar-refractivity contribution in [3.63, 3.8) is 0 Å². The number of rotatable bonds is 7. The molecule has 2 amide bonds. The summed E-state index contributed by atoms with van der Waals surface area (Å²) in [5.74, 6) is -0.391. The fraction of sp³-hybridized carbons (Fsp3) is 0.158. The highest BCUT2D eigenvalue weighted by atomic mass is 16.2. The van der Waals surface area contributed by atoms with E-state index in [1.807, 2.05) is 30.3 Å². The minimum absolute atomic E-state index is 0.194. The number of hydrogen-bond acceptors (Lipinski definition) is 2. The van der Waals surface area contributed by atoms with E-state index in [0.29, 0.717) is 24.4 Å². The van der Waals surface area contributed by atoms with Gasteiger partial charge in [0.2, 0.25) is 0 Å². The van der Waals surface area contributed by atoms with Gasteiger partial charge in [0.1, 0.15) is 11.4 Å². The number of carbonyl (C=O) groups is 2. The zero-order chi connectivity index (χ0) is 17.5. The van der Waals surface area contributed by atoms with E-state index >= 15 is 0 Å². The molecule has 0 saturated carbocycles. The van der Waals surface area contributed by atoms with Crippen molar-refractivity contribution in [2.75, 3.05) is 6.54 Å². The first-order valence-electron chi connectivity index (χ1n) is 8.12. The quantitative estimate of drug-likeness (QED) is 0.532. The van der Waals surface area contributed by atoms with Gasteiger partial charge >= 0.3 is 0 Å². The molecule has 25 heavy (non-hydrogen) atoms. The molecule has 6 heteroatoms. The molecule has 4 N–H and O–H groups in total. The number of nitrogens with one attached hydrogen (secondary N) is 4. The third-order valence-electron chi connectivity index (χ3n) is 3.85. The van der Waals surface area contributed by atoms with Crippen molar-refractivity contribution in [1.29, 1.82) is 0 Å². The zero-order valence-corrected chi connectivity index (χ0v) is 13.7. The van der Waals surface area contributed by atoms with E-state index in [1.54, 1.807) is 36.7 Å². The summed E-state index contributed by atoms with van der Waals surface area (Å²) >= 11 is 0. The lowest BCUT2D eigenvalue weighted by molar-refractivity contribution is 0.0904. The first-order valence-corrected chi connectivity index (χ1v) is 8.12. The van der Waals surface area contributed by atoms with Gasteiger partial charge in [-0.2, -0.15) is 0 Å². The van der Waals surface area contributed by atoms with E-state index in [2.05, 4.69) is 20.6 Å². The number of H-pyrrole nitrogens is 2. The van der Waals surface area contributed by atoms with Crippen LogP contribution in [0, 0.1) is 0 Å². The highest BCUT2D eigenvalue weighted by Gasteiger charge is 2.16. The van der Waals surface area contributed by atoms with Crippen molar-refractivity contribution in [2.24, 2.45) is 0 Å². The number of hydrogen-bond donors (Lipinski definition) is 4. The molecule has 6 nitrogen and oxygen atoms in total. The predicted molar refractivity (Wildman–Crippen MR) is 95.3 cm³/mol. The van der Waals surface area contributed by atoms with Gasteiger partial charge in [-0.1, -0.05) is 30.3 Å². The number of benzene rings is 1. The van der Waals surface area contributed by atoms with Gasteiger partial charge < -0.3 is 20.6 Å². The average molecular weight is 336 g/mol. The summed E-state index contributed by atoms with van der Waals surface area (Å²) in [6, 6.07) is 16.6. The Hall–Kier alpha value is -3.28. The molecule has 1 atom stereocenters. The third-order valence-corrected chi connectivity index (χ3v) is 3.85. The maximum absolute atomic E-state index is 12.3. The van der Waals surface area contributed by atoms with E-state index in [9.17, 15) is 9.59 Å². The van der Waals surface area contributed by atoms with E-state index in [1.165, 1.54) is 0 Å². The van der Waals surface area contributed by atoms with Gasteiger partial charge in [-0.05, 0) is 36.2 Å². The zero-order valence-electron chi connectivity index (χ0n) is 13.7. The molecule has 3 rings (SSSR count). The van der Waals surface area contributed by atoms with Crippen LogP contribution in [0.3, 0.4) is 0 Å². The average Bonchev–Trinajstić information content (AvgIpc) is 3.33. The molecule has 2 aromatic heterocycles. The van der Waals surface area contributed by atoms with E-state index in [-0.39, 0.29) is 17.9 Å². The number of amides is 2. The molecule has 0 radical (unpaired) electrons. The Kier molecular flexibility index (Phi) is 5.31. The molecule has 0 aliphatic rings. The molecule has 1 aromatic carbocycles. The van der Waals surface area contributed by atoms with Crippen molar-refractivity contribution in [2.45, 2.75) is 12.5 Å². The van der Waals surface area contributed by atoms with E-state index in [4.69, 9.17) is 0 Å². The molecule has 128 valence electrons. The first kappa shape index (κ1) is 16.6. The predicted octanol–water partition coefficient (Wildman–Crippen LogP) is 2.11. The summed E-state index contributed by atoms with van der Waals surface area (Å²) in [5, 5.41) is 5.83. The Balaban J connectivity index is 1.65. The van der Waals surface area contributed by atoms with Gasteiger partial charge in [0.25, 0.3) is 11.8 Å². The molecule has 0 aliphatic carbocycles. The summed E-state index contributed by atoms with van der Waals surface area (Å²) in [7, 11) is 0. The highest BCUT2D eigenvalue weighted by Crippen LogP contribution is 2.05. The minimum atomic E-state index is -0.225. The Morgan fingerprint density at radius 1 is 0.840 bits per heavy atom. The maximum Gasteiger partial charge on any atom is 0.267 e. The van der Waals surface area contributed by atoms with Gasteiger partial charge in [-0.15, -0.1) is 0 Å².